The molecule has 5 rings (SSSR count). The Bertz CT molecular complexity index is 1100. The summed E-state index contributed by atoms with van der Waals surface area (Å²) in [6.07, 6.45) is 3.49. The summed E-state index contributed by atoms with van der Waals surface area (Å²) >= 11 is 0. The maximum Gasteiger partial charge on any atom is 0.313 e. The predicted molar refractivity (Wildman–Crippen MR) is 120 cm³/mol. The van der Waals surface area contributed by atoms with E-state index in [2.05, 4.69) is 10.6 Å². The van der Waals surface area contributed by atoms with Crippen molar-refractivity contribution in [3.8, 4) is 0 Å². The van der Waals surface area contributed by atoms with E-state index < -0.39 is 17.4 Å². The van der Waals surface area contributed by atoms with E-state index in [1.165, 1.54) is 0 Å². The third-order valence-electron chi connectivity index (χ3n) is 6.93. The van der Waals surface area contributed by atoms with Crippen LogP contribution in [0.5, 0.6) is 0 Å². The lowest BCUT2D eigenvalue weighted by atomic mass is 9.88. The third-order valence-corrected chi connectivity index (χ3v) is 6.93. The molecule has 1 aliphatic carbocycles. The normalized spacial score (nSPS) is 21.0. The van der Waals surface area contributed by atoms with Gasteiger partial charge in [0.15, 0.2) is 0 Å². The topological polar surface area (TPSA) is 98.7 Å². The van der Waals surface area contributed by atoms with E-state index in [9.17, 15) is 19.5 Å². The Morgan fingerprint density at radius 1 is 1.16 bits per heavy atom. The zero-order valence-corrected chi connectivity index (χ0v) is 18.1. The molecule has 2 aromatic rings. The molecule has 0 aromatic heterocycles. The minimum absolute atomic E-state index is 0.0239. The number of aryl methyl sites for hydroxylation is 1. The number of hydrogen-bond acceptors (Lipinski definition) is 4. The van der Waals surface area contributed by atoms with Gasteiger partial charge in [0.05, 0.1) is 18.2 Å². The van der Waals surface area contributed by atoms with Gasteiger partial charge >= 0.3 is 11.8 Å². The van der Waals surface area contributed by atoms with E-state index in [-0.39, 0.29) is 24.3 Å². The van der Waals surface area contributed by atoms with Gasteiger partial charge in [0.2, 0.25) is 5.91 Å². The number of hydrogen-bond donors (Lipinski definition) is 3. The van der Waals surface area contributed by atoms with Crippen molar-refractivity contribution in [3.63, 3.8) is 0 Å². The van der Waals surface area contributed by atoms with Crippen LogP contribution in [0.1, 0.15) is 48.8 Å². The van der Waals surface area contributed by atoms with Crippen LogP contribution in [0.25, 0.3) is 0 Å². The number of benzene rings is 2. The van der Waals surface area contributed by atoms with Gasteiger partial charge < -0.3 is 20.6 Å². The van der Waals surface area contributed by atoms with Gasteiger partial charge in [-0.15, -0.1) is 0 Å². The summed E-state index contributed by atoms with van der Waals surface area (Å²) in [6, 6.07) is 12.9. The van der Waals surface area contributed by atoms with Crippen LogP contribution >= 0.6 is 0 Å². The van der Waals surface area contributed by atoms with Crippen LogP contribution in [-0.4, -0.2) is 35.9 Å². The van der Waals surface area contributed by atoms with Crippen molar-refractivity contribution < 1.29 is 19.5 Å². The smallest absolute Gasteiger partial charge is 0.313 e. The Morgan fingerprint density at radius 3 is 2.62 bits per heavy atom. The lowest BCUT2D eigenvalue weighted by Crippen LogP contribution is -2.45. The second-order valence-corrected chi connectivity index (χ2v) is 9.09. The van der Waals surface area contributed by atoms with E-state index in [0.717, 1.165) is 54.6 Å². The first-order chi connectivity index (χ1) is 15.4. The molecule has 2 aliphatic heterocycles. The first-order valence-corrected chi connectivity index (χ1v) is 11.2. The molecule has 7 nitrogen and oxygen atoms in total. The molecule has 1 saturated carbocycles. The average molecular weight is 434 g/mol. The maximum absolute atomic E-state index is 12.6. The molecule has 32 heavy (non-hydrogen) atoms. The van der Waals surface area contributed by atoms with E-state index in [0.29, 0.717) is 5.69 Å². The largest absolute Gasteiger partial charge is 0.383 e. The van der Waals surface area contributed by atoms with Gasteiger partial charge in [0.1, 0.15) is 5.60 Å². The van der Waals surface area contributed by atoms with Gasteiger partial charge in [0, 0.05) is 12.2 Å². The first-order valence-electron chi connectivity index (χ1n) is 11.2. The standard InChI is InChI=1S/C25H27N3O4/c1-15-20-13-19(12-16-6-5-11-28(21(16)20)24(15)31)27-23(30)22(29)26-14-25(32,18-9-10-18)17-7-3-2-4-8-17/h2-4,7-8,12-13,15,18,32H,5-6,9-11,14H2,1H3,(H,26,29)(H,27,30)/t15-,25+/m0/s1. The summed E-state index contributed by atoms with van der Waals surface area (Å²) in [5.41, 5.74) is 2.96. The fraction of sp³-hybridized carbons (Fsp3) is 0.400. The average Bonchev–Trinajstić information content (AvgIpc) is 3.64. The lowest BCUT2D eigenvalue weighted by molar-refractivity contribution is -0.137. The van der Waals surface area contributed by atoms with Crippen molar-refractivity contribution >= 4 is 29.1 Å². The highest BCUT2D eigenvalue weighted by atomic mass is 16.3. The van der Waals surface area contributed by atoms with Gasteiger partial charge in [-0.3, -0.25) is 14.4 Å². The molecular weight excluding hydrogens is 406 g/mol. The van der Waals surface area contributed by atoms with E-state index in [1.54, 1.807) is 6.07 Å². The second kappa shape index (κ2) is 7.74. The molecule has 166 valence electrons. The zero-order chi connectivity index (χ0) is 22.5. The highest BCUT2D eigenvalue weighted by Crippen LogP contribution is 2.46. The Labute approximate surface area is 186 Å². The van der Waals surface area contributed by atoms with Crippen LogP contribution in [0.2, 0.25) is 0 Å². The number of carbonyl (C=O) groups is 3. The Kier molecular flexibility index (Phi) is 5.01. The summed E-state index contributed by atoms with van der Waals surface area (Å²) in [5.74, 6) is -1.68. The molecule has 0 saturated heterocycles. The minimum Gasteiger partial charge on any atom is -0.383 e. The van der Waals surface area contributed by atoms with E-state index in [4.69, 9.17) is 0 Å². The molecule has 2 atom stereocenters. The molecule has 3 amide bonds. The van der Waals surface area contributed by atoms with E-state index >= 15 is 0 Å². The van der Waals surface area contributed by atoms with Crippen LogP contribution in [0, 0.1) is 5.92 Å². The van der Waals surface area contributed by atoms with Crippen LogP contribution in [0.4, 0.5) is 11.4 Å². The van der Waals surface area contributed by atoms with Crippen molar-refractivity contribution in [1.29, 1.82) is 0 Å². The number of aliphatic hydroxyl groups is 1. The number of anilines is 2. The number of nitrogens with one attached hydrogen (secondary N) is 2. The fourth-order valence-corrected chi connectivity index (χ4v) is 5.02. The predicted octanol–water partition coefficient (Wildman–Crippen LogP) is 2.44. The zero-order valence-electron chi connectivity index (χ0n) is 18.1. The Balaban J connectivity index is 1.29. The molecule has 3 aliphatic rings. The van der Waals surface area contributed by atoms with Gasteiger partial charge in [-0.05, 0) is 67.3 Å². The van der Waals surface area contributed by atoms with Crippen LogP contribution < -0.4 is 15.5 Å². The highest BCUT2D eigenvalue weighted by molar-refractivity contribution is 6.39. The molecule has 0 bridgehead atoms. The molecule has 7 heteroatoms. The number of amides is 3. The van der Waals surface area contributed by atoms with E-state index in [1.807, 2.05) is 48.2 Å². The fourth-order valence-electron chi connectivity index (χ4n) is 5.02. The van der Waals surface area contributed by atoms with Crippen molar-refractivity contribution in [1.82, 2.24) is 5.32 Å². The maximum atomic E-state index is 12.6. The molecular formula is C25H27N3O4. The quantitative estimate of drug-likeness (QED) is 0.631. The molecule has 0 unspecified atom stereocenters. The third kappa shape index (κ3) is 3.46. The summed E-state index contributed by atoms with van der Waals surface area (Å²) in [7, 11) is 0. The summed E-state index contributed by atoms with van der Waals surface area (Å²) < 4.78 is 0. The SMILES string of the molecule is C[C@@H]1C(=O)N2CCCc3cc(NC(=O)C(=O)NC[C@@](O)(c4ccccc4)C4CC4)cc1c32. The Hall–Kier alpha value is -3.19. The molecule has 0 spiro atoms. The van der Waals surface area contributed by atoms with Crippen LogP contribution in [0.3, 0.4) is 0 Å². The van der Waals surface area contributed by atoms with Crippen molar-refractivity contribution in [2.75, 3.05) is 23.3 Å². The molecule has 2 heterocycles. The summed E-state index contributed by atoms with van der Waals surface area (Å²) in [4.78, 5) is 39.5. The summed E-state index contributed by atoms with van der Waals surface area (Å²) in [6.45, 7) is 2.57. The number of nitrogens with zero attached hydrogens (tertiary/aromatic N) is 1. The number of rotatable bonds is 5. The highest BCUT2D eigenvalue weighted by Gasteiger charge is 2.45. The number of carbonyl (C=O) groups excluding carboxylic acids is 3. The molecule has 3 N–H and O–H groups in total. The molecule has 0 radical (unpaired) electrons. The summed E-state index contributed by atoms with van der Waals surface area (Å²) in [5, 5.41) is 16.5. The molecule has 2 aromatic carbocycles. The van der Waals surface area contributed by atoms with Gasteiger partial charge in [-0.1, -0.05) is 30.3 Å². The van der Waals surface area contributed by atoms with Crippen molar-refractivity contribution in [2.45, 2.75) is 44.1 Å². The lowest BCUT2D eigenvalue weighted by Gasteiger charge is -2.29. The minimum atomic E-state index is -1.19. The van der Waals surface area contributed by atoms with Crippen molar-refractivity contribution in [2.24, 2.45) is 5.92 Å². The van der Waals surface area contributed by atoms with Crippen LogP contribution in [-0.2, 0) is 26.4 Å². The first kappa shape index (κ1) is 20.7. The monoisotopic (exact) mass is 433 g/mol. The van der Waals surface area contributed by atoms with Crippen LogP contribution in [0.15, 0.2) is 42.5 Å². The van der Waals surface area contributed by atoms with Gasteiger partial charge in [0.25, 0.3) is 0 Å². The second-order valence-electron chi connectivity index (χ2n) is 9.09. The van der Waals surface area contributed by atoms with Crippen molar-refractivity contribution in [3.05, 3.63) is 59.2 Å². The Morgan fingerprint density at radius 2 is 1.91 bits per heavy atom. The van der Waals surface area contributed by atoms with Gasteiger partial charge in [-0.2, -0.15) is 0 Å². The molecule has 1 fully saturated rings. The van der Waals surface area contributed by atoms with Gasteiger partial charge in [-0.25, -0.2) is 0 Å².